The fraction of sp³-hybridized carbons (Fsp3) is 0. The Morgan fingerprint density at radius 3 is 2.58 bits per heavy atom. The Morgan fingerprint density at radius 2 is 2.08 bits per heavy atom. The monoisotopic (exact) mass is 239 g/mol. The zero-order valence-corrected chi connectivity index (χ0v) is 8.74. The molecule has 0 bridgehead atoms. The van der Waals surface area contributed by atoms with Crippen LogP contribution in [0.1, 0.15) is 5.69 Å². The van der Waals surface area contributed by atoms with Gasteiger partial charge in [0.05, 0.1) is 0 Å². The molecule has 0 saturated carbocycles. The number of nitrogens with zero attached hydrogens (tertiary/aromatic N) is 1. The van der Waals surface area contributed by atoms with E-state index in [1.165, 1.54) is 0 Å². The fourth-order valence-corrected chi connectivity index (χ4v) is 1.42. The topological polar surface area (TPSA) is 54.7 Å². The van der Waals surface area contributed by atoms with Crippen molar-refractivity contribution in [2.75, 3.05) is 0 Å². The van der Waals surface area contributed by atoms with Crippen molar-refractivity contribution in [1.82, 2.24) is 9.97 Å². The molecule has 12 heavy (non-hydrogen) atoms. The number of rotatable bonds is 1. The van der Waals surface area contributed by atoms with Gasteiger partial charge in [-0.05, 0) is 12.2 Å². The van der Waals surface area contributed by atoms with Crippen molar-refractivity contribution in [3.8, 4) is 0 Å². The number of thiocarbonyl (C=S) groups is 1. The molecule has 0 aromatic carbocycles. The van der Waals surface area contributed by atoms with Crippen LogP contribution in [-0.4, -0.2) is 15.0 Å². The second kappa shape index (κ2) is 3.66. The summed E-state index contributed by atoms with van der Waals surface area (Å²) in [6, 6.07) is 0. The molecule has 0 amide bonds. The van der Waals surface area contributed by atoms with Crippen LogP contribution in [0.5, 0.6) is 0 Å². The molecule has 0 aliphatic carbocycles. The molecule has 3 nitrogen and oxygen atoms in total. The number of aromatic nitrogens is 2. The van der Waals surface area contributed by atoms with E-state index in [1.807, 2.05) is 0 Å². The molecular weight excluding hydrogens is 237 g/mol. The molecule has 1 aromatic rings. The Kier molecular flexibility index (Phi) is 3.00. The van der Waals surface area contributed by atoms with Crippen LogP contribution < -0.4 is 5.73 Å². The number of nitrogens with one attached hydrogen (secondary N) is 1. The summed E-state index contributed by atoms with van der Waals surface area (Å²) in [6.07, 6.45) is 0. The van der Waals surface area contributed by atoms with Gasteiger partial charge < -0.3 is 10.7 Å². The third kappa shape index (κ3) is 1.92. The van der Waals surface area contributed by atoms with Crippen molar-refractivity contribution < 1.29 is 0 Å². The highest BCUT2D eigenvalue weighted by Gasteiger charge is 2.08. The van der Waals surface area contributed by atoms with Crippen LogP contribution in [-0.2, 0) is 0 Å². The average Bonchev–Trinajstić information content (AvgIpc) is 1.96. The number of aromatic amines is 1. The summed E-state index contributed by atoms with van der Waals surface area (Å²) < 4.78 is 0.201. The summed E-state index contributed by atoms with van der Waals surface area (Å²) in [6.45, 7) is 0. The van der Waals surface area contributed by atoms with Gasteiger partial charge in [0.1, 0.15) is 20.9 Å². The van der Waals surface area contributed by atoms with E-state index in [1.54, 1.807) is 0 Å². The van der Waals surface area contributed by atoms with Crippen LogP contribution in [0, 0.1) is 4.77 Å². The van der Waals surface area contributed by atoms with Crippen LogP contribution in [0.15, 0.2) is 0 Å². The van der Waals surface area contributed by atoms with Crippen molar-refractivity contribution in [2.45, 2.75) is 0 Å². The quantitative estimate of drug-likeness (QED) is 0.583. The van der Waals surface area contributed by atoms with Gasteiger partial charge in [-0.2, -0.15) is 0 Å². The summed E-state index contributed by atoms with van der Waals surface area (Å²) in [5.74, 6) is 0. The SMILES string of the molecule is NC(=S)c1nc(=S)[nH]c(Cl)c1Cl. The first-order chi connectivity index (χ1) is 5.52. The van der Waals surface area contributed by atoms with Gasteiger partial charge in [0.25, 0.3) is 0 Å². The Morgan fingerprint density at radius 1 is 1.50 bits per heavy atom. The maximum Gasteiger partial charge on any atom is 0.198 e. The normalized spacial score (nSPS) is 9.83. The van der Waals surface area contributed by atoms with Crippen LogP contribution >= 0.6 is 47.6 Å². The molecule has 1 heterocycles. The predicted octanol–water partition coefficient (Wildman–Crippen LogP) is 2.08. The molecule has 1 rings (SSSR count). The first-order valence-corrected chi connectivity index (χ1v) is 4.34. The van der Waals surface area contributed by atoms with Crippen molar-refractivity contribution in [2.24, 2.45) is 5.73 Å². The Bertz CT molecular complexity index is 387. The predicted molar refractivity (Wildman–Crippen MR) is 55.3 cm³/mol. The van der Waals surface area contributed by atoms with E-state index in [4.69, 9.17) is 41.2 Å². The molecule has 0 unspecified atom stereocenters. The first-order valence-electron chi connectivity index (χ1n) is 2.77. The van der Waals surface area contributed by atoms with E-state index in [9.17, 15) is 0 Å². The highest BCUT2D eigenvalue weighted by atomic mass is 35.5. The minimum atomic E-state index is 0.0713. The summed E-state index contributed by atoms with van der Waals surface area (Å²) in [7, 11) is 0. The largest absolute Gasteiger partial charge is 0.388 e. The molecule has 0 aliphatic heterocycles. The summed E-state index contributed by atoms with van der Waals surface area (Å²) in [5, 5.41) is 0.386. The molecule has 3 N–H and O–H groups in total. The van der Waals surface area contributed by atoms with Crippen molar-refractivity contribution >= 4 is 52.6 Å². The third-order valence-corrected chi connectivity index (χ3v) is 2.20. The molecule has 0 fully saturated rings. The Labute approximate surface area is 88.9 Å². The van der Waals surface area contributed by atoms with Crippen molar-refractivity contribution in [3.05, 3.63) is 20.6 Å². The van der Waals surface area contributed by atoms with E-state index in [-0.39, 0.29) is 25.6 Å². The van der Waals surface area contributed by atoms with Gasteiger partial charge in [0.15, 0.2) is 4.77 Å². The second-order valence-corrected chi connectivity index (χ2v) is 3.47. The lowest BCUT2D eigenvalue weighted by molar-refractivity contribution is 1.12. The molecular formula is C5H3Cl2N3S2. The highest BCUT2D eigenvalue weighted by Crippen LogP contribution is 2.21. The summed E-state index contributed by atoms with van der Waals surface area (Å²) in [5.41, 5.74) is 5.57. The fourth-order valence-electron chi connectivity index (χ4n) is 0.595. The zero-order chi connectivity index (χ0) is 9.30. The van der Waals surface area contributed by atoms with Crippen molar-refractivity contribution in [1.29, 1.82) is 0 Å². The van der Waals surface area contributed by atoms with Gasteiger partial charge in [0.2, 0.25) is 0 Å². The van der Waals surface area contributed by atoms with Crippen LogP contribution in [0.25, 0.3) is 0 Å². The second-order valence-electron chi connectivity index (χ2n) is 1.88. The van der Waals surface area contributed by atoms with Crippen LogP contribution in [0.4, 0.5) is 0 Å². The zero-order valence-electron chi connectivity index (χ0n) is 5.60. The number of hydrogen-bond donors (Lipinski definition) is 2. The highest BCUT2D eigenvalue weighted by molar-refractivity contribution is 7.80. The number of hydrogen-bond acceptors (Lipinski definition) is 3. The van der Waals surface area contributed by atoms with E-state index in [0.717, 1.165) is 0 Å². The lowest BCUT2D eigenvalue weighted by atomic mass is 10.4. The lowest BCUT2D eigenvalue weighted by Crippen LogP contribution is -2.13. The van der Waals surface area contributed by atoms with Crippen molar-refractivity contribution in [3.63, 3.8) is 0 Å². The van der Waals surface area contributed by atoms with E-state index in [2.05, 4.69) is 22.2 Å². The maximum atomic E-state index is 5.72. The molecule has 0 spiro atoms. The van der Waals surface area contributed by atoms with E-state index in [0.29, 0.717) is 0 Å². The summed E-state index contributed by atoms with van der Waals surface area (Å²) in [4.78, 5) is 6.44. The third-order valence-electron chi connectivity index (χ3n) is 1.06. The van der Waals surface area contributed by atoms with E-state index < -0.39 is 0 Å². The average molecular weight is 240 g/mol. The Balaban J connectivity index is 3.48. The number of halogens is 2. The minimum Gasteiger partial charge on any atom is -0.388 e. The van der Waals surface area contributed by atoms with Gasteiger partial charge in [-0.15, -0.1) is 0 Å². The molecule has 1 aromatic heterocycles. The first kappa shape index (κ1) is 9.85. The molecule has 0 radical (unpaired) electrons. The van der Waals surface area contributed by atoms with Gasteiger partial charge in [-0.3, -0.25) is 0 Å². The Hall–Kier alpha value is -0.230. The van der Waals surface area contributed by atoms with Gasteiger partial charge in [-0.25, -0.2) is 4.98 Å². The van der Waals surface area contributed by atoms with E-state index >= 15 is 0 Å². The molecule has 64 valence electrons. The van der Waals surface area contributed by atoms with Gasteiger partial charge in [0, 0.05) is 0 Å². The van der Waals surface area contributed by atoms with Crippen LogP contribution in [0.3, 0.4) is 0 Å². The number of nitrogens with two attached hydrogens (primary N) is 1. The molecule has 0 aliphatic rings. The molecule has 0 atom stereocenters. The standard InChI is InChI=1S/C5H3Cl2N3S2/c6-1-2(4(8)11)9-5(12)10-3(1)7/h(H2,8,11)(H,9,10,12). The number of H-pyrrole nitrogens is 1. The molecule has 0 saturated heterocycles. The van der Waals surface area contributed by atoms with Gasteiger partial charge in [-0.1, -0.05) is 35.4 Å². The minimum absolute atomic E-state index is 0.0713. The van der Waals surface area contributed by atoms with Gasteiger partial charge >= 0.3 is 0 Å². The molecule has 7 heteroatoms. The maximum absolute atomic E-state index is 5.72. The lowest BCUT2D eigenvalue weighted by Gasteiger charge is -2.01. The summed E-state index contributed by atoms with van der Waals surface area (Å²) >= 11 is 20.8. The smallest absolute Gasteiger partial charge is 0.198 e. The van der Waals surface area contributed by atoms with Crippen LogP contribution in [0.2, 0.25) is 10.2 Å².